The predicted octanol–water partition coefficient (Wildman–Crippen LogP) is 2.43. The highest BCUT2D eigenvalue weighted by atomic mass is 16.4. The van der Waals surface area contributed by atoms with Crippen LogP contribution in [0.1, 0.15) is 28.6 Å². The van der Waals surface area contributed by atoms with Gasteiger partial charge in [-0.1, -0.05) is 30.3 Å². The Morgan fingerprint density at radius 2 is 1.94 bits per heavy atom. The summed E-state index contributed by atoms with van der Waals surface area (Å²) in [5, 5.41) is 19.4. The van der Waals surface area contributed by atoms with Crippen molar-refractivity contribution in [1.29, 1.82) is 0 Å². The van der Waals surface area contributed by atoms with Crippen LogP contribution in [0, 0.1) is 0 Å². The molecule has 0 radical (unpaired) electrons. The van der Waals surface area contributed by atoms with Gasteiger partial charge in [0, 0.05) is 6.42 Å². The van der Waals surface area contributed by atoms with Gasteiger partial charge in [0.1, 0.15) is 16.9 Å². The monoisotopic (exact) mass is 246 g/mol. The van der Waals surface area contributed by atoms with Crippen LogP contribution >= 0.6 is 0 Å². The number of aliphatic hydroxyl groups is 1. The van der Waals surface area contributed by atoms with Gasteiger partial charge in [-0.25, -0.2) is 4.79 Å². The lowest BCUT2D eigenvalue weighted by atomic mass is 9.92. The van der Waals surface area contributed by atoms with E-state index in [1.54, 1.807) is 6.92 Å². The van der Waals surface area contributed by atoms with Gasteiger partial charge in [-0.3, -0.25) is 0 Å². The van der Waals surface area contributed by atoms with Gasteiger partial charge < -0.3 is 14.6 Å². The lowest BCUT2D eigenvalue weighted by molar-refractivity contribution is 0.0311. The molecule has 2 N–H and O–H groups in total. The van der Waals surface area contributed by atoms with E-state index >= 15 is 0 Å². The molecule has 4 heteroatoms. The predicted molar refractivity (Wildman–Crippen MR) is 65.4 cm³/mol. The summed E-state index contributed by atoms with van der Waals surface area (Å²) in [4.78, 5) is 11.0. The van der Waals surface area contributed by atoms with Crippen molar-refractivity contribution in [2.24, 2.45) is 0 Å². The highest BCUT2D eigenvalue weighted by Crippen LogP contribution is 2.29. The Hall–Kier alpha value is -2.07. The number of carboxylic acid groups (broad SMARTS) is 1. The third-order valence-electron chi connectivity index (χ3n) is 2.78. The minimum Gasteiger partial charge on any atom is -0.478 e. The second-order valence-corrected chi connectivity index (χ2v) is 4.40. The van der Waals surface area contributed by atoms with E-state index in [0.29, 0.717) is 6.42 Å². The van der Waals surface area contributed by atoms with E-state index in [4.69, 9.17) is 9.52 Å². The van der Waals surface area contributed by atoms with Gasteiger partial charge in [-0.15, -0.1) is 0 Å². The van der Waals surface area contributed by atoms with E-state index in [0.717, 1.165) is 5.56 Å². The molecule has 0 saturated carbocycles. The molecule has 0 amide bonds. The molecule has 94 valence electrons. The number of carboxylic acids is 1. The minimum atomic E-state index is -1.35. The van der Waals surface area contributed by atoms with Crippen molar-refractivity contribution in [3.8, 4) is 0 Å². The van der Waals surface area contributed by atoms with Gasteiger partial charge in [-0.2, -0.15) is 0 Å². The fourth-order valence-corrected chi connectivity index (χ4v) is 1.97. The van der Waals surface area contributed by atoms with Crippen molar-refractivity contribution >= 4 is 5.97 Å². The second kappa shape index (κ2) is 4.66. The molecule has 0 aliphatic rings. The molecule has 1 aromatic carbocycles. The molecular weight excluding hydrogens is 232 g/mol. The Morgan fingerprint density at radius 3 is 2.56 bits per heavy atom. The summed E-state index contributed by atoms with van der Waals surface area (Å²) in [5.41, 5.74) is -0.440. The Morgan fingerprint density at radius 1 is 1.28 bits per heavy atom. The summed E-state index contributed by atoms with van der Waals surface area (Å²) in [6.07, 6.45) is 1.57. The molecule has 18 heavy (non-hydrogen) atoms. The van der Waals surface area contributed by atoms with Crippen molar-refractivity contribution in [1.82, 2.24) is 0 Å². The standard InChI is InChI=1S/C14H14O4/c1-14(17,9-10-5-3-2-4-6-10)12-11(13(15)16)7-8-18-12/h2-8,17H,9H2,1H3,(H,15,16). The second-order valence-electron chi connectivity index (χ2n) is 4.40. The van der Waals surface area contributed by atoms with Crippen molar-refractivity contribution in [2.45, 2.75) is 18.9 Å². The molecule has 1 aromatic heterocycles. The lowest BCUT2D eigenvalue weighted by Gasteiger charge is -2.21. The highest BCUT2D eigenvalue weighted by Gasteiger charge is 2.32. The summed E-state index contributed by atoms with van der Waals surface area (Å²) in [6.45, 7) is 1.55. The van der Waals surface area contributed by atoms with Gasteiger partial charge in [0.15, 0.2) is 0 Å². The van der Waals surface area contributed by atoms with Crippen molar-refractivity contribution in [3.05, 3.63) is 59.5 Å². The van der Waals surface area contributed by atoms with E-state index in [1.165, 1.54) is 12.3 Å². The Balaban J connectivity index is 2.30. The SMILES string of the molecule is CC(O)(Cc1ccccc1)c1occc1C(=O)O. The maximum Gasteiger partial charge on any atom is 0.339 e. The average Bonchev–Trinajstić information content (AvgIpc) is 2.79. The zero-order valence-electron chi connectivity index (χ0n) is 9.96. The van der Waals surface area contributed by atoms with Crippen LogP contribution in [0.5, 0.6) is 0 Å². The number of aromatic carboxylic acids is 1. The molecule has 1 heterocycles. The summed E-state index contributed by atoms with van der Waals surface area (Å²) in [5.74, 6) is -1.02. The normalized spacial score (nSPS) is 14.1. The molecule has 0 aliphatic carbocycles. The van der Waals surface area contributed by atoms with Crippen LogP contribution in [0.2, 0.25) is 0 Å². The molecule has 2 aromatic rings. The molecular formula is C14H14O4. The number of hydrogen-bond acceptors (Lipinski definition) is 3. The maximum atomic E-state index is 11.0. The summed E-state index contributed by atoms with van der Waals surface area (Å²) < 4.78 is 5.13. The fourth-order valence-electron chi connectivity index (χ4n) is 1.97. The van der Waals surface area contributed by atoms with E-state index in [1.807, 2.05) is 30.3 Å². The van der Waals surface area contributed by atoms with Crippen molar-refractivity contribution < 1.29 is 19.4 Å². The first-order valence-electron chi connectivity index (χ1n) is 5.58. The number of rotatable bonds is 4. The Bertz CT molecular complexity index is 540. The minimum absolute atomic E-state index is 0.00377. The highest BCUT2D eigenvalue weighted by molar-refractivity contribution is 5.89. The van der Waals surface area contributed by atoms with Gasteiger partial charge in [-0.05, 0) is 18.6 Å². The quantitative estimate of drug-likeness (QED) is 0.869. The zero-order chi connectivity index (χ0) is 13.2. The topological polar surface area (TPSA) is 70.7 Å². The van der Waals surface area contributed by atoms with Crippen LogP contribution < -0.4 is 0 Å². The molecule has 0 spiro atoms. The van der Waals surface area contributed by atoms with E-state index in [2.05, 4.69) is 0 Å². The van der Waals surface area contributed by atoms with Crippen molar-refractivity contribution in [3.63, 3.8) is 0 Å². The van der Waals surface area contributed by atoms with Crippen molar-refractivity contribution in [2.75, 3.05) is 0 Å². The van der Waals surface area contributed by atoms with Crippen LogP contribution in [0.3, 0.4) is 0 Å². The van der Waals surface area contributed by atoms with Crippen LogP contribution in [0.4, 0.5) is 0 Å². The van der Waals surface area contributed by atoms with Gasteiger partial charge >= 0.3 is 5.97 Å². The molecule has 4 nitrogen and oxygen atoms in total. The number of carbonyl (C=O) groups is 1. The summed E-state index contributed by atoms with van der Waals surface area (Å²) in [7, 11) is 0. The fraction of sp³-hybridized carbons (Fsp3) is 0.214. The molecule has 1 unspecified atom stereocenters. The van der Waals surface area contributed by atoms with Crippen LogP contribution in [-0.4, -0.2) is 16.2 Å². The lowest BCUT2D eigenvalue weighted by Crippen LogP contribution is -2.26. The molecule has 2 rings (SSSR count). The molecule has 0 bridgehead atoms. The summed E-state index contributed by atoms with van der Waals surface area (Å²) >= 11 is 0. The van der Waals surface area contributed by atoms with E-state index in [-0.39, 0.29) is 11.3 Å². The molecule has 1 atom stereocenters. The Kier molecular flexibility index (Phi) is 3.21. The molecule has 0 saturated heterocycles. The van der Waals surface area contributed by atoms with Crippen LogP contribution in [0.25, 0.3) is 0 Å². The molecule has 0 aliphatic heterocycles. The first-order chi connectivity index (χ1) is 8.50. The first-order valence-corrected chi connectivity index (χ1v) is 5.58. The third kappa shape index (κ3) is 2.43. The average molecular weight is 246 g/mol. The molecule has 0 fully saturated rings. The van der Waals surface area contributed by atoms with E-state index in [9.17, 15) is 9.90 Å². The smallest absolute Gasteiger partial charge is 0.339 e. The largest absolute Gasteiger partial charge is 0.478 e. The number of furan rings is 1. The number of hydrogen-bond donors (Lipinski definition) is 2. The van der Waals surface area contributed by atoms with E-state index < -0.39 is 11.6 Å². The zero-order valence-corrected chi connectivity index (χ0v) is 9.96. The third-order valence-corrected chi connectivity index (χ3v) is 2.78. The number of benzene rings is 1. The van der Waals surface area contributed by atoms with Crippen LogP contribution in [0.15, 0.2) is 47.1 Å². The van der Waals surface area contributed by atoms with Crippen LogP contribution in [-0.2, 0) is 12.0 Å². The Labute approximate surface area is 104 Å². The van der Waals surface area contributed by atoms with Gasteiger partial charge in [0.05, 0.1) is 6.26 Å². The first kappa shape index (κ1) is 12.4. The summed E-state index contributed by atoms with van der Waals surface area (Å²) in [6, 6.07) is 10.7. The van der Waals surface area contributed by atoms with Gasteiger partial charge in [0.2, 0.25) is 0 Å². The maximum absolute atomic E-state index is 11.0. The van der Waals surface area contributed by atoms with Gasteiger partial charge in [0.25, 0.3) is 0 Å².